The molecule has 1 atom stereocenters. The Kier molecular flexibility index (Phi) is 3.12. The zero-order valence-electron chi connectivity index (χ0n) is 7.23. The summed E-state index contributed by atoms with van der Waals surface area (Å²) in [7, 11) is 0. The van der Waals surface area contributed by atoms with E-state index in [1.54, 1.807) is 6.92 Å². The van der Waals surface area contributed by atoms with E-state index in [0.717, 1.165) is 5.56 Å². The summed E-state index contributed by atoms with van der Waals surface area (Å²) >= 11 is 0. The Morgan fingerprint density at radius 1 is 1.38 bits per heavy atom. The number of aliphatic imine (C=N–C) groups is 1. The number of isocyanates is 1. The second-order valence-corrected chi connectivity index (χ2v) is 2.67. The summed E-state index contributed by atoms with van der Waals surface area (Å²) < 4.78 is 0. The lowest BCUT2D eigenvalue weighted by Gasteiger charge is -2.04. The van der Waals surface area contributed by atoms with E-state index in [-0.39, 0.29) is 5.92 Å². The second-order valence-electron chi connectivity index (χ2n) is 2.67. The van der Waals surface area contributed by atoms with Crippen molar-refractivity contribution >= 4 is 12.0 Å². The summed E-state index contributed by atoms with van der Waals surface area (Å²) in [6, 6.07) is 9.18. The first-order chi connectivity index (χ1) is 6.25. The number of amides is 1. The molecule has 0 spiro atoms. The Bertz CT molecular complexity index is 339. The van der Waals surface area contributed by atoms with Crippen LogP contribution in [-0.2, 0) is 9.59 Å². The molecule has 3 nitrogen and oxygen atoms in total. The first-order valence-electron chi connectivity index (χ1n) is 3.92. The van der Waals surface area contributed by atoms with Gasteiger partial charge in [-0.25, -0.2) is 4.79 Å². The molecule has 0 saturated carbocycles. The number of carbonyl (C=O) groups excluding carboxylic acids is 2. The Labute approximate surface area is 76.1 Å². The van der Waals surface area contributed by atoms with Crippen molar-refractivity contribution < 1.29 is 9.59 Å². The van der Waals surface area contributed by atoms with Crippen LogP contribution in [0.25, 0.3) is 0 Å². The molecular formula is C10H9NO2. The summed E-state index contributed by atoms with van der Waals surface area (Å²) in [6.07, 6.45) is 1.24. The van der Waals surface area contributed by atoms with Gasteiger partial charge in [-0.3, -0.25) is 4.79 Å². The van der Waals surface area contributed by atoms with Crippen LogP contribution in [0, 0.1) is 0 Å². The lowest BCUT2D eigenvalue weighted by Crippen LogP contribution is -2.05. The van der Waals surface area contributed by atoms with Crippen molar-refractivity contribution in [2.75, 3.05) is 0 Å². The Morgan fingerprint density at radius 2 is 2.00 bits per heavy atom. The largest absolute Gasteiger partial charge is 0.271 e. The maximum atomic E-state index is 11.1. The highest BCUT2D eigenvalue weighted by Crippen LogP contribution is 2.15. The lowest BCUT2D eigenvalue weighted by atomic mass is 10.0. The van der Waals surface area contributed by atoms with Gasteiger partial charge < -0.3 is 0 Å². The van der Waals surface area contributed by atoms with Crippen LogP contribution in [0.5, 0.6) is 0 Å². The molecule has 0 bridgehead atoms. The lowest BCUT2D eigenvalue weighted by molar-refractivity contribution is -0.118. The Hall–Kier alpha value is -1.73. The topological polar surface area (TPSA) is 46.5 Å². The van der Waals surface area contributed by atoms with Gasteiger partial charge in [0.25, 0.3) is 5.91 Å². The monoisotopic (exact) mass is 175 g/mol. The first-order valence-corrected chi connectivity index (χ1v) is 3.92. The van der Waals surface area contributed by atoms with Crippen LogP contribution in [0.4, 0.5) is 0 Å². The third-order valence-electron chi connectivity index (χ3n) is 1.83. The minimum atomic E-state index is -0.457. The van der Waals surface area contributed by atoms with E-state index >= 15 is 0 Å². The van der Waals surface area contributed by atoms with E-state index in [9.17, 15) is 9.59 Å². The number of hydrogen-bond acceptors (Lipinski definition) is 2. The third kappa shape index (κ3) is 2.36. The Balaban J connectivity index is 2.85. The van der Waals surface area contributed by atoms with Gasteiger partial charge in [0, 0.05) is 0 Å². The molecule has 66 valence electrons. The molecule has 0 N–H and O–H groups in total. The van der Waals surface area contributed by atoms with Crippen LogP contribution in [-0.4, -0.2) is 12.0 Å². The highest BCUT2D eigenvalue weighted by Gasteiger charge is 2.13. The molecule has 1 rings (SSSR count). The van der Waals surface area contributed by atoms with Gasteiger partial charge in [0.1, 0.15) is 0 Å². The average molecular weight is 175 g/mol. The summed E-state index contributed by atoms with van der Waals surface area (Å²) in [5.74, 6) is -0.830. The fourth-order valence-corrected chi connectivity index (χ4v) is 1.03. The molecular weight excluding hydrogens is 166 g/mol. The molecule has 0 fully saturated rings. The number of nitrogens with zero attached hydrogens (tertiary/aromatic N) is 1. The minimum absolute atomic E-state index is 0.373. The predicted octanol–water partition coefficient (Wildman–Crippen LogP) is 1.65. The third-order valence-corrected chi connectivity index (χ3v) is 1.83. The molecule has 3 heteroatoms. The van der Waals surface area contributed by atoms with Crippen molar-refractivity contribution in [1.29, 1.82) is 0 Å². The van der Waals surface area contributed by atoms with E-state index in [0.29, 0.717) is 0 Å². The quantitative estimate of drug-likeness (QED) is 0.506. The highest BCUT2D eigenvalue weighted by atomic mass is 16.2. The number of benzene rings is 1. The molecule has 1 unspecified atom stereocenters. The molecule has 0 saturated heterocycles. The van der Waals surface area contributed by atoms with Crippen molar-refractivity contribution in [3.8, 4) is 0 Å². The van der Waals surface area contributed by atoms with E-state index in [2.05, 4.69) is 4.99 Å². The van der Waals surface area contributed by atoms with Gasteiger partial charge in [0.2, 0.25) is 6.08 Å². The smallest absolute Gasteiger partial charge is 0.263 e. The summed E-state index contributed by atoms with van der Waals surface area (Å²) in [5, 5.41) is 0. The minimum Gasteiger partial charge on any atom is -0.271 e. The molecule has 1 aromatic rings. The van der Waals surface area contributed by atoms with E-state index in [4.69, 9.17) is 0 Å². The number of hydrogen-bond donors (Lipinski definition) is 0. The maximum Gasteiger partial charge on any atom is 0.263 e. The van der Waals surface area contributed by atoms with E-state index in [1.165, 1.54) is 6.08 Å². The zero-order valence-corrected chi connectivity index (χ0v) is 7.23. The van der Waals surface area contributed by atoms with Crippen LogP contribution in [0.3, 0.4) is 0 Å². The van der Waals surface area contributed by atoms with Gasteiger partial charge in [0.05, 0.1) is 5.92 Å². The van der Waals surface area contributed by atoms with E-state index < -0.39 is 5.91 Å². The number of carbonyl (C=O) groups is 1. The fourth-order valence-electron chi connectivity index (χ4n) is 1.03. The van der Waals surface area contributed by atoms with Crippen LogP contribution in [0.1, 0.15) is 18.4 Å². The van der Waals surface area contributed by atoms with Crippen LogP contribution in [0.15, 0.2) is 35.3 Å². The Morgan fingerprint density at radius 3 is 2.54 bits per heavy atom. The molecule has 1 amide bonds. The van der Waals surface area contributed by atoms with Crippen molar-refractivity contribution in [3.63, 3.8) is 0 Å². The van der Waals surface area contributed by atoms with Gasteiger partial charge in [-0.05, 0) is 12.5 Å². The van der Waals surface area contributed by atoms with Crippen molar-refractivity contribution in [2.24, 2.45) is 4.99 Å². The van der Waals surface area contributed by atoms with Crippen molar-refractivity contribution in [3.05, 3.63) is 35.9 Å². The van der Waals surface area contributed by atoms with Crippen molar-refractivity contribution in [1.82, 2.24) is 0 Å². The SMILES string of the molecule is CC(C(=O)N=C=O)c1ccccc1. The first kappa shape index (κ1) is 9.36. The van der Waals surface area contributed by atoms with Crippen molar-refractivity contribution in [2.45, 2.75) is 12.8 Å². The molecule has 0 heterocycles. The summed E-state index contributed by atoms with van der Waals surface area (Å²) in [4.78, 5) is 24.0. The van der Waals surface area contributed by atoms with E-state index in [1.807, 2.05) is 30.3 Å². The van der Waals surface area contributed by atoms with Crippen LogP contribution < -0.4 is 0 Å². The molecule has 0 aliphatic rings. The second kappa shape index (κ2) is 4.33. The normalized spacial score (nSPS) is 11.5. The molecule has 0 aliphatic heterocycles. The van der Waals surface area contributed by atoms with Gasteiger partial charge in [-0.1, -0.05) is 30.3 Å². The maximum absolute atomic E-state index is 11.1. The molecule has 13 heavy (non-hydrogen) atoms. The number of rotatable bonds is 2. The van der Waals surface area contributed by atoms with Crippen LogP contribution >= 0.6 is 0 Å². The zero-order chi connectivity index (χ0) is 9.68. The summed E-state index contributed by atoms with van der Waals surface area (Å²) in [5.41, 5.74) is 0.853. The molecule has 1 aromatic carbocycles. The molecule has 0 aromatic heterocycles. The van der Waals surface area contributed by atoms with Crippen LogP contribution in [0.2, 0.25) is 0 Å². The summed E-state index contributed by atoms with van der Waals surface area (Å²) in [6.45, 7) is 1.71. The molecule has 0 radical (unpaired) electrons. The standard InChI is InChI=1S/C10H9NO2/c1-8(10(13)11-7-12)9-5-3-2-4-6-9/h2-6,8H,1H3. The highest BCUT2D eigenvalue weighted by molar-refractivity contribution is 5.87. The molecule has 0 aliphatic carbocycles. The fraction of sp³-hybridized carbons (Fsp3) is 0.200. The van der Waals surface area contributed by atoms with Gasteiger partial charge in [-0.15, -0.1) is 4.99 Å². The average Bonchev–Trinajstić information content (AvgIpc) is 2.18. The van der Waals surface area contributed by atoms with Gasteiger partial charge in [0.15, 0.2) is 0 Å². The predicted molar refractivity (Wildman–Crippen MR) is 48.0 cm³/mol. The van der Waals surface area contributed by atoms with Gasteiger partial charge >= 0.3 is 0 Å². The van der Waals surface area contributed by atoms with Gasteiger partial charge in [-0.2, -0.15) is 0 Å².